The molecule has 1 aromatic rings. The molecule has 20 heavy (non-hydrogen) atoms. The Kier molecular flexibility index (Phi) is 4.10. The number of carbonyl (C=O) groups is 1. The summed E-state index contributed by atoms with van der Waals surface area (Å²) in [5, 5.41) is 7.71. The van der Waals surface area contributed by atoms with Crippen LogP contribution in [-0.2, 0) is 9.53 Å². The van der Waals surface area contributed by atoms with Gasteiger partial charge >= 0.3 is 0 Å². The van der Waals surface area contributed by atoms with Gasteiger partial charge in [0.25, 0.3) is 0 Å². The Morgan fingerprint density at radius 1 is 1.55 bits per heavy atom. The lowest BCUT2D eigenvalue weighted by atomic mass is 10.0. The lowest BCUT2D eigenvalue weighted by Crippen LogP contribution is -2.44. The molecule has 0 bridgehead atoms. The number of nitrogens with zero attached hydrogens (tertiary/aromatic N) is 1. The Bertz CT molecular complexity index is 462. The van der Waals surface area contributed by atoms with Gasteiger partial charge in [0.1, 0.15) is 6.17 Å². The lowest BCUT2D eigenvalue weighted by molar-refractivity contribution is -0.135. The van der Waals surface area contributed by atoms with E-state index in [1.165, 1.54) is 5.56 Å². The van der Waals surface area contributed by atoms with Gasteiger partial charge < -0.3 is 9.64 Å². The van der Waals surface area contributed by atoms with Crippen molar-refractivity contribution >= 4 is 17.2 Å². The van der Waals surface area contributed by atoms with Crippen molar-refractivity contribution in [2.75, 3.05) is 6.61 Å². The highest BCUT2D eigenvalue weighted by Crippen LogP contribution is 2.33. The molecule has 0 saturated carbocycles. The van der Waals surface area contributed by atoms with Gasteiger partial charge in [-0.05, 0) is 48.6 Å². The number of ether oxygens (including phenoxy) is 1. The second-order valence-corrected chi connectivity index (χ2v) is 6.47. The van der Waals surface area contributed by atoms with Crippen molar-refractivity contribution in [1.82, 2.24) is 10.2 Å². The van der Waals surface area contributed by atoms with E-state index < -0.39 is 0 Å². The van der Waals surface area contributed by atoms with Crippen LogP contribution in [0, 0.1) is 0 Å². The molecule has 0 aliphatic carbocycles. The van der Waals surface area contributed by atoms with E-state index in [-0.39, 0.29) is 24.2 Å². The molecule has 5 heteroatoms. The number of nitrogens with one attached hydrogen (secondary N) is 1. The fourth-order valence-corrected chi connectivity index (χ4v) is 3.93. The van der Waals surface area contributed by atoms with Crippen LogP contribution >= 0.6 is 11.3 Å². The summed E-state index contributed by atoms with van der Waals surface area (Å²) in [6, 6.07) is 2.36. The molecule has 2 aliphatic rings. The molecule has 4 unspecified atom stereocenters. The Balaban J connectivity index is 1.85. The molecule has 0 radical (unpaired) electrons. The quantitative estimate of drug-likeness (QED) is 0.931. The second kappa shape index (κ2) is 5.84. The van der Waals surface area contributed by atoms with Crippen LogP contribution in [-0.4, -0.2) is 35.6 Å². The second-order valence-electron chi connectivity index (χ2n) is 5.69. The number of rotatable bonds is 3. The zero-order valence-electron chi connectivity index (χ0n) is 12.0. The first kappa shape index (κ1) is 14.0. The van der Waals surface area contributed by atoms with Gasteiger partial charge in [-0.15, -0.1) is 0 Å². The fraction of sp³-hybridized carbons (Fsp3) is 0.667. The molecule has 1 aromatic heterocycles. The van der Waals surface area contributed by atoms with E-state index in [0.717, 1.165) is 25.9 Å². The van der Waals surface area contributed by atoms with Crippen molar-refractivity contribution in [1.29, 1.82) is 0 Å². The van der Waals surface area contributed by atoms with Crippen LogP contribution in [0.25, 0.3) is 0 Å². The SMILES string of the molecule is CCC1NC(c2ccsc2)N(C2CCOC(C)C2)C1=O. The first-order valence-corrected chi connectivity index (χ1v) is 8.37. The van der Waals surface area contributed by atoms with Crippen LogP contribution in [0.1, 0.15) is 44.8 Å². The molecular weight excluding hydrogens is 272 g/mol. The summed E-state index contributed by atoms with van der Waals surface area (Å²) in [5.74, 6) is 0.253. The molecule has 0 aromatic carbocycles. The standard InChI is InChI=1S/C15H22N2O2S/c1-3-13-15(18)17(12-4-6-19-10(2)8-12)14(16-13)11-5-7-20-9-11/h5,7,9-10,12-14,16H,3-4,6,8H2,1-2H3. The highest BCUT2D eigenvalue weighted by Gasteiger charge is 2.43. The van der Waals surface area contributed by atoms with Crippen LogP contribution in [0.2, 0.25) is 0 Å². The maximum atomic E-state index is 12.7. The van der Waals surface area contributed by atoms with Crippen molar-refractivity contribution in [3.05, 3.63) is 22.4 Å². The van der Waals surface area contributed by atoms with Gasteiger partial charge in [0, 0.05) is 12.6 Å². The average molecular weight is 294 g/mol. The van der Waals surface area contributed by atoms with E-state index >= 15 is 0 Å². The maximum absolute atomic E-state index is 12.7. The minimum atomic E-state index is -0.0435. The van der Waals surface area contributed by atoms with Crippen molar-refractivity contribution in [3.63, 3.8) is 0 Å². The predicted octanol–water partition coefficient (Wildman–Crippen LogP) is 2.52. The van der Waals surface area contributed by atoms with Gasteiger partial charge in [0.2, 0.25) is 5.91 Å². The third-order valence-corrected chi connectivity index (χ3v) is 5.01. The van der Waals surface area contributed by atoms with E-state index in [0.29, 0.717) is 6.04 Å². The van der Waals surface area contributed by atoms with Gasteiger partial charge in [0.05, 0.1) is 12.1 Å². The first-order chi connectivity index (χ1) is 9.70. The summed E-state index contributed by atoms with van der Waals surface area (Å²) in [5.41, 5.74) is 1.21. The molecule has 1 N–H and O–H groups in total. The Morgan fingerprint density at radius 2 is 2.40 bits per heavy atom. The normalized spacial score (nSPS) is 34.7. The Morgan fingerprint density at radius 3 is 3.05 bits per heavy atom. The fourth-order valence-electron chi connectivity index (χ4n) is 3.25. The molecule has 3 rings (SSSR count). The summed E-state index contributed by atoms with van der Waals surface area (Å²) in [4.78, 5) is 14.8. The molecule has 1 amide bonds. The van der Waals surface area contributed by atoms with Crippen molar-refractivity contribution in [2.24, 2.45) is 0 Å². The number of thiophene rings is 1. The summed E-state index contributed by atoms with van der Waals surface area (Å²) in [7, 11) is 0. The average Bonchev–Trinajstić information content (AvgIpc) is 3.05. The predicted molar refractivity (Wildman–Crippen MR) is 79.6 cm³/mol. The van der Waals surface area contributed by atoms with Gasteiger partial charge in [0.15, 0.2) is 0 Å². The van der Waals surface area contributed by atoms with Crippen LogP contribution in [0.5, 0.6) is 0 Å². The Labute approximate surface area is 124 Å². The molecule has 3 heterocycles. The zero-order chi connectivity index (χ0) is 14.1. The van der Waals surface area contributed by atoms with Gasteiger partial charge in [-0.1, -0.05) is 6.92 Å². The molecule has 2 saturated heterocycles. The summed E-state index contributed by atoms with van der Waals surface area (Å²) < 4.78 is 5.63. The monoisotopic (exact) mass is 294 g/mol. The van der Waals surface area contributed by atoms with Crippen molar-refractivity contribution in [2.45, 2.75) is 57.5 Å². The molecular formula is C15H22N2O2S. The summed E-state index contributed by atoms with van der Waals surface area (Å²) >= 11 is 1.68. The van der Waals surface area contributed by atoms with Crippen LogP contribution in [0.15, 0.2) is 16.8 Å². The molecule has 110 valence electrons. The highest BCUT2D eigenvalue weighted by atomic mass is 32.1. The molecule has 2 fully saturated rings. The van der Waals surface area contributed by atoms with Crippen molar-refractivity contribution in [3.8, 4) is 0 Å². The van der Waals surface area contributed by atoms with E-state index in [1.807, 2.05) is 0 Å². The molecule has 0 spiro atoms. The number of carbonyl (C=O) groups excluding carboxylic acids is 1. The smallest absolute Gasteiger partial charge is 0.241 e. The van der Waals surface area contributed by atoms with Crippen LogP contribution in [0.4, 0.5) is 0 Å². The van der Waals surface area contributed by atoms with E-state index in [1.54, 1.807) is 11.3 Å². The maximum Gasteiger partial charge on any atom is 0.241 e. The lowest BCUT2D eigenvalue weighted by Gasteiger charge is -2.37. The number of hydrogen-bond acceptors (Lipinski definition) is 4. The minimum absolute atomic E-state index is 0.0361. The zero-order valence-corrected chi connectivity index (χ0v) is 12.9. The largest absolute Gasteiger partial charge is 0.378 e. The summed E-state index contributed by atoms with van der Waals surface area (Å²) in [6.07, 6.45) is 2.99. The van der Waals surface area contributed by atoms with Gasteiger partial charge in [-0.2, -0.15) is 11.3 Å². The van der Waals surface area contributed by atoms with Crippen LogP contribution < -0.4 is 5.32 Å². The first-order valence-electron chi connectivity index (χ1n) is 7.42. The van der Waals surface area contributed by atoms with Gasteiger partial charge in [-0.25, -0.2) is 0 Å². The van der Waals surface area contributed by atoms with E-state index in [9.17, 15) is 4.79 Å². The topological polar surface area (TPSA) is 41.6 Å². The third-order valence-electron chi connectivity index (χ3n) is 4.31. The number of amides is 1. The van der Waals surface area contributed by atoms with E-state index in [4.69, 9.17) is 4.74 Å². The van der Waals surface area contributed by atoms with Crippen molar-refractivity contribution < 1.29 is 9.53 Å². The molecule has 4 nitrogen and oxygen atoms in total. The third kappa shape index (κ3) is 2.50. The minimum Gasteiger partial charge on any atom is -0.378 e. The van der Waals surface area contributed by atoms with Gasteiger partial charge in [-0.3, -0.25) is 10.1 Å². The summed E-state index contributed by atoms with van der Waals surface area (Å²) in [6.45, 7) is 4.91. The Hall–Kier alpha value is -0.910. The van der Waals surface area contributed by atoms with E-state index in [2.05, 4.69) is 40.9 Å². The highest BCUT2D eigenvalue weighted by molar-refractivity contribution is 7.07. The molecule has 2 aliphatic heterocycles. The molecule has 4 atom stereocenters. The number of hydrogen-bond donors (Lipinski definition) is 1. The van der Waals surface area contributed by atoms with Crippen LogP contribution in [0.3, 0.4) is 0 Å².